The summed E-state index contributed by atoms with van der Waals surface area (Å²) < 4.78 is 28.7. The Morgan fingerprint density at radius 3 is 2.81 bits per heavy atom. The van der Waals surface area contributed by atoms with Gasteiger partial charge in [0.05, 0.1) is 12.7 Å². The molecular weight excluding hydrogens is 314 g/mol. The maximum atomic E-state index is 12.6. The second-order valence-electron chi connectivity index (χ2n) is 4.74. The second-order valence-corrected chi connectivity index (χ2v) is 8.09. The summed E-state index contributed by atoms with van der Waals surface area (Å²) in [5.41, 5.74) is 0.0508. The number of hydrogen-bond acceptors (Lipinski definition) is 6. The highest BCUT2D eigenvalue weighted by atomic mass is 32.2. The number of phenols is 1. The van der Waals surface area contributed by atoms with Crippen LogP contribution in [-0.4, -0.2) is 61.1 Å². The molecule has 8 heteroatoms. The zero-order chi connectivity index (χ0) is 15.6. The topological polar surface area (TPSA) is 83.9 Å². The number of thioether (sulfide) groups is 1. The number of benzene rings is 1. The molecule has 2 rings (SSSR count). The smallest absolute Gasteiger partial charge is 0.258 e. The minimum absolute atomic E-state index is 0.0508. The van der Waals surface area contributed by atoms with E-state index in [4.69, 9.17) is 4.74 Å². The number of carbonyl (C=O) groups excluding carboxylic acids is 1. The van der Waals surface area contributed by atoms with Gasteiger partial charge in [0.1, 0.15) is 16.9 Å². The third-order valence-electron chi connectivity index (χ3n) is 3.27. The first kappa shape index (κ1) is 16.0. The molecule has 1 saturated heterocycles. The number of carbonyl (C=O) groups is 1. The lowest BCUT2D eigenvalue weighted by atomic mass is 10.1. The Hall–Kier alpha value is -1.41. The predicted octanol–water partition coefficient (Wildman–Crippen LogP) is 0.961. The van der Waals surface area contributed by atoms with Gasteiger partial charge in [-0.25, -0.2) is 8.42 Å². The first-order chi connectivity index (χ1) is 9.84. The summed E-state index contributed by atoms with van der Waals surface area (Å²) in [7, 11) is -1.93. The van der Waals surface area contributed by atoms with Crippen LogP contribution < -0.4 is 4.74 Å². The molecule has 0 saturated carbocycles. The molecule has 21 heavy (non-hydrogen) atoms. The lowest BCUT2D eigenvalue weighted by molar-refractivity contribution is 0.0746. The Morgan fingerprint density at radius 2 is 2.19 bits per heavy atom. The molecule has 1 amide bonds. The zero-order valence-electron chi connectivity index (χ0n) is 11.8. The van der Waals surface area contributed by atoms with E-state index in [-0.39, 0.29) is 11.3 Å². The minimum atomic E-state index is -3.39. The van der Waals surface area contributed by atoms with Gasteiger partial charge in [0.2, 0.25) is 0 Å². The molecule has 1 atom stereocenters. The van der Waals surface area contributed by atoms with E-state index in [0.29, 0.717) is 23.8 Å². The average molecular weight is 331 g/mol. The number of rotatable bonds is 3. The van der Waals surface area contributed by atoms with Gasteiger partial charge in [-0.05, 0) is 18.2 Å². The Morgan fingerprint density at radius 1 is 1.48 bits per heavy atom. The van der Waals surface area contributed by atoms with Crippen LogP contribution in [0.1, 0.15) is 10.4 Å². The molecule has 0 radical (unpaired) electrons. The summed E-state index contributed by atoms with van der Waals surface area (Å²) in [5.74, 6) is 0.754. The zero-order valence-corrected chi connectivity index (χ0v) is 13.4. The standard InChI is InChI=1S/C13H17NO5S2/c1-19-9-3-4-11(15)10(7-9)13(16)14-5-6-20-8-12(14)21(2,17)18/h3-4,7,12,15H,5-6,8H2,1-2H3. The van der Waals surface area contributed by atoms with Crippen molar-refractivity contribution in [1.82, 2.24) is 4.90 Å². The van der Waals surface area contributed by atoms with Gasteiger partial charge < -0.3 is 14.7 Å². The van der Waals surface area contributed by atoms with Crippen LogP contribution in [0.15, 0.2) is 18.2 Å². The van der Waals surface area contributed by atoms with Crippen molar-refractivity contribution < 1.29 is 23.1 Å². The molecule has 116 valence electrons. The van der Waals surface area contributed by atoms with E-state index in [0.717, 1.165) is 6.26 Å². The molecule has 1 aromatic rings. The molecule has 0 aliphatic carbocycles. The van der Waals surface area contributed by atoms with E-state index < -0.39 is 21.1 Å². The van der Waals surface area contributed by atoms with E-state index in [1.165, 1.54) is 42.0 Å². The van der Waals surface area contributed by atoms with Crippen LogP contribution in [-0.2, 0) is 9.84 Å². The molecule has 0 spiro atoms. The monoisotopic (exact) mass is 331 g/mol. The van der Waals surface area contributed by atoms with E-state index >= 15 is 0 Å². The summed E-state index contributed by atoms with van der Waals surface area (Å²) in [4.78, 5) is 13.9. The molecule has 1 aliphatic heterocycles. The number of amides is 1. The van der Waals surface area contributed by atoms with Crippen molar-refractivity contribution in [2.75, 3.05) is 31.4 Å². The molecule has 1 heterocycles. The molecule has 6 nitrogen and oxygen atoms in total. The largest absolute Gasteiger partial charge is 0.507 e. The number of sulfone groups is 1. The van der Waals surface area contributed by atoms with Crippen LogP contribution in [0, 0.1) is 0 Å². The average Bonchev–Trinajstić information content (AvgIpc) is 2.46. The fourth-order valence-electron chi connectivity index (χ4n) is 2.14. The Balaban J connectivity index is 2.37. The van der Waals surface area contributed by atoms with Gasteiger partial charge in [0, 0.05) is 24.3 Å². The fourth-order valence-corrected chi connectivity index (χ4v) is 4.95. The van der Waals surface area contributed by atoms with Crippen LogP contribution in [0.25, 0.3) is 0 Å². The van der Waals surface area contributed by atoms with E-state index in [9.17, 15) is 18.3 Å². The Bertz CT molecular complexity index is 644. The Labute approximate surface area is 128 Å². The van der Waals surface area contributed by atoms with Crippen LogP contribution in [0.2, 0.25) is 0 Å². The van der Waals surface area contributed by atoms with Gasteiger partial charge in [-0.3, -0.25) is 4.79 Å². The molecule has 1 unspecified atom stereocenters. The van der Waals surface area contributed by atoms with E-state index in [1.807, 2.05) is 0 Å². The molecule has 1 aromatic carbocycles. The van der Waals surface area contributed by atoms with Crippen molar-refractivity contribution in [3.05, 3.63) is 23.8 Å². The predicted molar refractivity (Wildman–Crippen MR) is 81.7 cm³/mol. The first-order valence-corrected chi connectivity index (χ1v) is 9.40. The van der Waals surface area contributed by atoms with Crippen LogP contribution in [0.3, 0.4) is 0 Å². The maximum absolute atomic E-state index is 12.6. The highest BCUT2D eigenvalue weighted by Gasteiger charge is 2.35. The second kappa shape index (κ2) is 6.15. The molecule has 1 fully saturated rings. The van der Waals surface area contributed by atoms with Gasteiger partial charge >= 0.3 is 0 Å². The number of aromatic hydroxyl groups is 1. The van der Waals surface area contributed by atoms with Gasteiger partial charge in [0.15, 0.2) is 9.84 Å². The lowest BCUT2D eigenvalue weighted by Gasteiger charge is -2.34. The van der Waals surface area contributed by atoms with E-state index in [1.54, 1.807) is 0 Å². The highest BCUT2D eigenvalue weighted by molar-refractivity contribution is 8.00. The number of methoxy groups -OCH3 is 1. The van der Waals surface area contributed by atoms with Gasteiger partial charge in [0.25, 0.3) is 5.91 Å². The van der Waals surface area contributed by atoms with Gasteiger partial charge in [-0.15, -0.1) is 0 Å². The third kappa shape index (κ3) is 3.44. The number of phenolic OH excluding ortho intramolecular Hbond substituents is 1. The van der Waals surface area contributed by atoms with Gasteiger partial charge in [-0.1, -0.05) is 0 Å². The SMILES string of the molecule is COc1ccc(O)c(C(=O)N2CCSCC2S(C)(=O)=O)c1. The fraction of sp³-hybridized carbons (Fsp3) is 0.462. The molecule has 1 N–H and O–H groups in total. The van der Waals surface area contributed by atoms with Crippen LogP contribution in [0.4, 0.5) is 0 Å². The van der Waals surface area contributed by atoms with Crippen molar-refractivity contribution in [2.45, 2.75) is 5.37 Å². The quantitative estimate of drug-likeness (QED) is 0.888. The minimum Gasteiger partial charge on any atom is -0.507 e. The van der Waals surface area contributed by atoms with Crippen LogP contribution >= 0.6 is 11.8 Å². The van der Waals surface area contributed by atoms with Crippen molar-refractivity contribution in [2.24, 2.45) is 0 Å². The number of ether oxygens (including phenoxy) is 1. The first-order valence-electron chi connectivity index (χ1n) is 6.29. The summed E-state index contributed by atoms with van der Waals surface area (Å²) in [6.45, 7) is 0.331. The van der Waals surface area contributed by atoms with Crippen LogP contribution in [0.5, 0.6) is 11.5 Å². The molecular formula is C13H17NO5S2. The van der Waals surface area contributed by atoms with Gasteiger partial charge in [-0.2, -0.15) is 11.8 Å². The lowest BCUT2D eigenvalue weighted by Crippen LogP contribution is -2.49. The van der Waals surface area contributed by atoms with Crippen molar-refractivity contribution >= 4 is 27.5 Å². The maximum Gasteiger partial charge on any atom is 0.258 e. The number of nitrogens with zero attached hydrogens (tertiary/aromatic N) is 1. The van der Waals surface area contributed by atoms with Crippen molar-refractivity contribution in [3.63, 3.8) is 0 Å². The van der Waals surface area contributed by atoms with Crippen molar-refractivity contribution in [3.8, 4) is 11.5 Å². The highest BCUT2D eigenvalue weighted by Crippen LogP contribution is 2.28. The van der Waals surface area contributed by atoms with Crippen molar-refractivity contribution in [1.29, 1.82) is 0 Å². The summed E-state index contributed by atoms with van der Waals surface area (Å²) >= 11 is 1.50. The normalized spacial score (nSPS) is 19.3. The Kier molecular flexibility index (Phi) is 4.67. The molecule has 1 aliphatic rings. The summed E-state index contributed by atoms with van der Waals surface area (Å²) in [6.07, 6.45) is 1.12. The molecule has 0 aromatic heterocycles. The van der Waals surface area contributed by atoms with E-state index in [2.05, 4.69) is 0 Å². The summed E-state index contributed by atoms with van der Waals surface area (Å²) in [6, 6.07) is 4.31. The third-order valence-corrected chi connectivity index (χ3v) is 5.92. The summed E-state index contributed by atoms with van der Waals surface area (Å²) in [5, 5.41) is 9.00. The number of hydrogen-bond donors (Lipinski definition) is 1. The molecule has 0 bridgehead atoms.